The summed E-state index contributed by atoms with van der Waals surface area (Å²) in [7, 11) is 0. The Hall–Kier alpha value is -0.850. The van der Waals surface area contributed by atoms with Crippen molar-refractivity contribution < 1.29 is 23.7 Å². The van der Waals surface area contributed by atoms with Crippen molar-refractivity contribution in [1.29, 1.82) is 0 Å². The van der Waals surface area contributed by atoms with Crippen LogP contribution in [0.4, 0.5) is 4.79 Å². The Balaban J connectivity index is 1.85. The molecule has 2 unspecified atom stereocenters. The predicted octanol–water partition coefficient (Wildman–Crippen LogP) is 1.39. The molecule has 0 aromatic heterocycles. The van der Waals surface area contributed by atoms with Crippen molar-refractivity contribution in [3.8, 4) is 0 Å². The molecule has 2 fully saturated rings. The van der Waals surface area contributed by atoms with E-state index in [1.165, 1.54) is 0 Å². The lowest BCUT2D eigenvalue weighted by atomic mass is 10.0. The van der Waals surface area contributed by atoms with Crippen LogP contribution in [0.15, 0.2) is 0 Å². The van der Waals surface area contributed by atoms with E-state index in [0.29, 0.717) is 13.2 Å². The van der Waals surface area contributed by atoms with Gasteiger partial charge in [0.1, 0.15) is 12.1 Å². The largest absolute Gasteiger partial charge is 0.444 e. The number of fused-ring (bicyclic) bond motifs is 2. The van der Waals surface area contributed by atoms with Crippen molar-refractivity contribution in [2.45, 2.75) is 51.3 Å². The number of hydrogen-bond donors (Lipinski definition) is 1. The number of amides is 1. The maximum atomic E-state index is 11.6. The molecule has 104 valence electrons. The lowest BCUT2D eigenvalue weighted by molar-refractivity contribution is -0.361. The summed E-state index contributed by atoms with van der Waals surface area (Å²) in [5.74, 6) is -1.15. The number of rotatable bonds is 2. The molecule has 6 heteroatoms. The Morgan fingerprint density at radius 2 is 2.11 bits per heavy atom. The SMILES string of the molecule is CC(C)(C)OC(=O)NCC12OCCC(C)(CO1)O2. The van der Waals surface area contributed by atoms with E-state index < -0.39 is 17.7 Å². The van der Waals surface area contributed by atoms with Gasteiger partial charge >= 0.3 is 12.1 Å². The van der Waals surface area contributed by atoms with E-state index in [1.54, 1.807) is 0 Å². The molecule has 2 heterocycles. The summed E-state index contributed by atoms with van der Waals surface area (Å²) in [4.78, 5) is 11.6. The standard InChI is InChI=1S/C12H21NO5/c1-10(2,3)17-9(14)13-7-12-15-6-5-11(4,18-12)8-16-12/h5-8H2,1-4H3,(H,13,14). The summed E-state index contributed by atoms with van der Waals surface area (Å²) in [6.45, 7) is 8.56. The second-order valence-electron chi connectivity index (χ2n) is 5.98. The summed E-state index contributed by atoms with van der Waals surface area (Å²) in [5, 5.41) is 2.61. The lowest BCUT2D eigenvalue weighted by Gasteiger charge is -2.35. The van der Waals surface area contributed by atoms with Crippen LogP contribution in [-0.4, -0.2) is 43.0 Å². The molecule has 2 atom stereocenters. The van der Waals surface area contributed by atoms with Crippen LogP contribution in [0.25, 0.3) is 0 Å². The van der Waals surface area contributed by atoms with Gasteiger partial charge in [0.2, 0.25) is 0 Å². The van der Waals surface area contributed by atoms with Crippen molar-refractivity contribution in [3.05, 3.63) is 0 Å². The number of alkyl carbamates (subject to hydrolysis) is 1. The maximum Gasteiger partial charge on any atom is 0.407 e. The lowest BCUT2D eigenvalue weighted by Crippen LogP contribution is -2.51. The van der Waals surface area contributed by atoms with Gasteiger partial charge < -0.3 is 24.3 Å². The highest BCUT2D eigenvalue weighted by atomic mass is 16.9. The van der Waals surface area contributed by atoms with Crippen molar-refractivity contribution in [2.24, 2.45) is 0 Å². The first-order valence-corrected chi connectivity index (χ1v) is 6.17. The zero-order valence-electron chi connectivity index (χ0n) is 11.4. The Kier molecular flexibility index (Phi) is 3.29. The van der Waals surface area contributed by atoms with Gasteiger partial charge in [0.25, 0.3) is 0 Å². The van der Waals surface area contributed by atoms with E-state index >= 15 is 0 Å². The molecule has 2 rings (SSSR count). The van der Waals surface area contributed by atoms with Crippen molar-refractivity contribution in [2.75, 3.05) is 19.8 Å². The summed E-state index contributed by atoms with van der Waals surface area (Å²) in [6, 6.07) is 0. The molecule has 0 saturated carbocycles. The van der Waals surface area contributed by atoms with E-state index in [0.717, 1.165) is 6.42 Å². The second-order valence-corrected chi connectivity index (χ2v) is 5.98. The molecule has 2 bridgehead atoms. The highest BCUT2D eigenvalue weighted by molar-refractivity contribution is 5.67. The van der Waals surface area contributed by atoms with Gasteiger partial charge in [0.05, 0.1) is 18.8 Å². The van der Waals surface area contributed by atoms with Gasteiger partial charge in [0.15, 0.2) is 0 Å². The fourth-order valence-electron chi connectivity index (χ4n) is 1.95. The minimum absolute atomic E-state index is 0.123. The zero-order chi connectivity index (χ0) is 13.4. The van der Waals surface area contributed by atoms with Crippen molar-refractivity contribution in [3.63, 3.8) is 0 Å². The monoisotopic (exact) mass is 259 g/mol. The molecule has 0 radical (unpaired) electrons. The minimum Gasteiger partial charge on any atom is -0.444 e. The molecule has 1 amide bonds. The molecule has 18 heavy (non-hydrogen) atoms. The molecule has 2 aliphatic heterocycles. The molecule has 0 aromatic rings. The normalized spacial score (nSPS) is 35.3. The smallest absolute Gasteiger partial charge is 0.407 e. The Morgan fingerprint density at radius 1 is 1.39 bits per heavy atom. The first-order valence-electron chi connectivity index (χ1n) is 6.17. The minimum atomic E-state index is -1.15. The highest BCUT2D eigenvalue weighted by Gasteiger charge is 2.53. The topological polar surface area (TPSA) is 66.0 Å². The van der Waals surface area contributed by atoms with Crippen LogP contribution in [0.5, 0.6) is 0 Å². The number of carbonyl (C=O) groups is 1. The van der Waals surface area contributed by atoms with E-state index in [-0.39, 0.29) is 12.1 Å². The molecule has 2 aliphatic rings. The van der Waals surface area contributed by atoms with Gasteiger partial charge in [-0.2, -0.15) is 0 Å². The van der Waals surface area contributed by atoms with Gasteiger partial charge in [-0.3, -0.25) is 0 Å². The first-order chi connectivity index (χ1) is 8.22. The Morgan fingerprint density at radius 3 is 2.78 bits per heavy atom. The fourth-order valence-corrected chi connectivity index (χ4v) is 1.95. The van der Waals surface area contributed by atoms with Crippen LogP contribution in [0, 0.1) is 0 Å². The van der Waals surface area contributed by atoms with Crippen LogP contribution in [0.3, 0.4) is 0 Å². The molecular weight excluding hydrogens is 238 g/mol. The molecule has 0 aliphatic carbocycles. The number of carbonyl (C=O) groups excluding carboxylic acids is 1. The summed E-state index contributed by atoms with van der Waals surface area (Å²) in [6.07, 6.45) is 0.285. The molecule has 1 N–H and O–H groups in total. The van der Waals surface area contributed by atoms with Gasteiger partial charge in [0, 0.05) is 6.42 Å². The second kappa shape index (κ2) is 4.36. The van der Waals surface area contributed by atoms with Gasteiger partial charge in [-0.25, -0.2) is 4.79 Å². The number of hydrogen-bond acceptors (Lipinski definition) is 5. The predicted molar refractivity (Wildman–Crippen MR) is 63.0 cm³/mol. The van der Waals surface area contributed by atoms with Gasteiger partial charge in [-0.1, -0.05) is 0 Å². The average molecular weight is 259 g/mol. The summed E-state index contributed by atoms with van der Waals surface area (Å²) in [5.41, 5.74) is -0.838. The summed E-state index contributed by atoms with van der Waals surface area (Å²) >= 11 is 0. The van der Waals surface area contributed by atoms with E-state index in [2.05, 4.69) is 5.32 Å². The molecule has 0 aromatic carbocycles. The molecule has 0 spiro atoms. The molecule has 2 saturated heterocycles. The Labute approximate surface area is 107 Å². The highest BCUT2D eigenvalue weighted by Crippen LogP contribution is 2.38. The third kappa shape index (κ3) is 3.13. The van der Waals surface area contributed by atoms with Crippen LogP contribution in [0.2, 0.25) is 0 Å². The molecule has 6 nitrogen and oxygen atoms in total. The third-order valence-electron chi connectivity index (χ3n) is 2.80. The summed E-state index contributed by atoms with van der Waals surface area (Å²) < 4.78 is 21.9. The average Bonchev–Trinajstić information content (AvgIpc) is 2.45. The van der Waals surface area contributed by atoms with E-state index in [9.17, 15) is 4.79 Å². The third-order valence-corrected chi connectivity index (χ3v) is 2.80. The number of nitrogens with one attached hydrogen (secondary N) is 1. The fraction of sp³-hybridized carbons (Fsp3) is 0.917. The maximum absolute atomic E-state index is 11.6. The quantitative estimate of drug-likeness (QED) is 0.811. The van der Waals surface area contributed by atoms with Crippen LogP contribution in [-0.2, 0) is 18.9 Å². The number of ether oxygens (including phenoxy) is 4. The Bertz CT molecular complexity index is 340. The van der Waals surface area contributed by atoms with E-state index in [1.807, 2.05) is 27.7 Å². The van der Waals surface area contributed by atoms with Gasteiger partial charge in [-0.05, 0) is 27.7 Å². The van der Waals surface area contributed by atoms with Crippen molar-refractivity contribution >= 4 is 6.09 Å². The van der Waals surface area contributed by atoms with E-state index in [4.69, 9.17) is 18.9 Å². The van der Waals surface area contributed by atoms with Crippen molar-refractivity contribution in [1.82, 2.24) is 5.32 Å². The van der Waals surface area contributed by atoms with Crippen LogP contribution < -0.4 is 5.32 Å². The first kappa shape index (κ1) is 13.6. The van der Waals surface area contributed by atoms with Crippen LogP contribution >= 0.6 is 0 Å². The molecular formula is C12H21NO5. The van der Waals surface area contributed by atoms with Crippen LogP contribution in [0.1, 0.15) is 34.1 Å². The van der Waals surface area contributed by atoms with Gasteiger partial charge in [-0.15, -0.1) is 0 Å². The zero-order valence-corrected chi connectivity index (χ0v) is 11.4.